The van der Waals surface area contributed by atoms with E-state index in [-0.39, 0.29) is 18.2 Å². The largest absolute Gasteiger partial charge is 0.454 e. The summed E-state index contributed by atoms with van der Waals surface area (Å²) in [6.45, 7) is 3.97. The summed E-state index contributed by atoms with van der Waals surface area (Å²) in [7, 11) is 0. The minimum Gasteiger partial charge on any atom is -0.454 e. The SMILES string of the molecule is Cc1cc(C(=O)COC(=O)c2cccc3ccccc23)c(C)n1Cc1ccc(F)cc1. The van der Waals surface area contributed by atoms with Gasteiger partial charge in [-0.15, -0.1) is 0 Å². The Morgan fingerprint density at radius 1 is 0.903 bits per heavy atom. The van der Waals surface area contributed by atoms with Gasteiger partial charge in [-0.05, 0) is 54.4 Å². The molecule has 0 saturated heterocycles. The van der Waals surface area contributed by atoms with Crippen LogP contribution in [-0.4, -0.2) is 22.9 Å². The van der Waals surface area contributed by atoms with Crippen molar-refractivity contribution in [1.29, 1.82) is 0 Å². The standard InChI is InChI=1S/C26H22FNO3/c1-17-14-24(18(2)28(17)15-19-10-12-21(27)13-11-19)25(29)16-31-26(30)23-9-5-7-20-6-3-4-8-22(20)23/h3-14H,15-16H2,1-2H3. The highest BCUT2D eigenvalue weighted by Gasteiger charge is 2.19. The Hall–Kier alpha value is -3.73. The number of carbonyl (C=O) groups is 2. The predicted octanol–water partition coefficient (Wildman–Crippen LogP) is 5.49. The third-order valence-corrected chi connectivity index (χ3v) is 5.47. The van der Waals surface area contributed by atoms with Crippen molar-refractivity contribution in [2.75, 3.05) is 6.61 Å². The molecule has 0 aliphatic carbocycles. The molecule has 0 atom stereocenters. The smallest absolute Gasteiger partial charge is 0.339 e. The fourth-order valence-electron chi connectivity index (χ4n) is 3.79. The first-order valence-electron chi connectivity index (χ1n) is 10.0. The number of esters is 1. The normalized spacial score (nSPS) is 10.9. The highest BCUT2D eigenvalue weighted by atomic mass is 19.1. The Kier molecular flexibility index (Phi) is 5.67. The lowest BCUT2D eigenvalue weighted by Gasteiger charge is -2.10. The number of Topliss-reactive ketones (excluding diaryl/α,β-unsaturated/α-hetero) is 1. The molecule has 1 aromatic heterocycles. The molecule has 0 N–H and O–H groups in total. The zero-order valence-electron chi connectivity index (χ0n) is 17.4. The number of ether oxygens (including phenoxy) is 1. The van der Waals surface area contributed by atoms with Gasteiger partial charge >= 0.3 is 5.97 Å². The lowest BCUT2D eigenvalue weighted by Crippen LogP contribution is -2.15. The van der Waals surface area contributed by atoms with Crippen molar-refractivity contribution in [2.24, 2.45) is 0 Å². The zero-order valence-corrected chi connectivity index (χ0v) is 17.4. The van der Waals surface area contributed by atoms with Gasteiger partial charge in [0, 0.05) is 23.5 Å². The molecule has 0 unspecified atom stereocenters. The molecule has 0 bridgehead atoms. The summed E-state index contributed by atoms with van der Waals surface area (Å²) in [5.74, 6) is -1.06. The van der Waals surface area contributed by atoms with Crippen LogP contribution in [-0.2, 0) is 11.3 Å². The van der Waals surface area contributed by atoms with Gasteiger partial charge in [-0.3, -0.25) is 4.79 Å². The van der Waals surface area contributed by atoms with Gasteiger partial charge in [0.15, 0.2) is 6.61 Å². The van der Waals surface area contributed by atoms with Crippen molar-refractivity contribution in [3.8, 4) is 0 Å². The van der Waals surface area contributed by atoms with Crippen molar-refractivity contribution >= 4 is 22.5 Å². The fourth-order valence-corrected chi connectivity index (χ4v) is 3.79. The fraction of sp³-hybridized carbons (Fsp3) is 0.154. The van der Waals surface area contributed by atoms with Crippen LogP contribution < -0.4 is 0 Å². The van der Waals surface area contributed by atoms with Gasteiger partial charge in [0.25, 0.3) is 0 Å². The molecule has 4 aromatic rings. The molecule has 5 heteroatoms. The second-order valence-corrected chi connectivity index (χ2v) is 7.52. The van der Waals surface area contributed by atoms with Crippen LogP contribution in [0.5, 0.6) is 0 Å². The molecule has 3 aromatic carbocycles. The summed E-state index contributed by atoms with van der Waals surface area (Å²) >= 11 is 0. The first kappa shape index (κ1) is 20.5. The van der Waals surface area contributed by atoms with Crippen LogP contribution in [0.25, 0.3) is 10.8 Å². The molecule has 0 aliphatic heterocycles. The summed E-state index contributed by atoms with van der Waals surface area (Å²) in [6, 6.07) is 21.1. The molecule has 156 valence electrons. The number of nitrogens with zero attached hydrogens (tertiary/aromatic N) is 1. The average Bonchev–Trinajstić information content (AvgIpc) is 3.06. The molecule has 1 heterocycles. The van der Waals surface area contributed by atoms with Gasteiger partial charge in [-0.1, -0.05) is 48.5 Å². The molecule has 4 rings (SSSR count). The van der Waals surface area contributed by atoms with E-state index in [1.807, 2.05) is 48.7 Å². The van der Waals surface area contributed by atoms with Gasteiger partial charge in [-0.2, -0.15) is 0 Å². The third kappa shape index (κ3) is 4.26. The van der Waals surface area contributed by atoms with Crippen molar-refractivity contribution in [2.45, 2.75) is 20.4 Å². The summed E-state index contributed by atoms with van der Waals surface area (Å²) in [5.41, 5.74) is 3.58. The van der Waals surface area contributed by atoms with E-state index in [4.69, 9.17) is 4.74 Å². The topological polar surface area (TPSA) is 48.3 Å². The predicted molar refractivity (Wildman–Crippen MR) is 118 cm³/mol. The number of aryl methyl sites for hydroxylation is 1. The molecular formula is C26H22FNO3. The van der Waals surface area contributed by atoms with Gasteiger partial charge in [-0.25, -0.2) is 9.18 Å². The Morgan fingerprint density at radius 3 is 2.39 bits per heavy atom. The highest BCUT2D eigenvalue weighted by Crippen LogP contribution is 2.21. The van der Waals surface area contributed by atoms with Gasteiger partial charge < -0.3 is 9.30 Å². The molecule has 0 spiro atoms. The Balaban J connectivity index is 1.48. The van der Waals surface area contributed by atoms with Crippen LogP contribution in [0.4, 0.5) is 4.39 Å². The van der Waals surface area contributed by atoms with Gasteiger partial charge in [0.1, 0.15) is 5.82 Å². The molecular weight excluding hydrogens is 393 g/mol. The van der Waals surface area contributed by atoms with Gasteiger partial charge in [0.05, 0.1) is 5.56 Å². The van der Waals surface area contributed by atoms with E-state index in [0.29, 0.717) is 17.7 Å². The van der Waals surface area contributed by atoms with Crippen molar-refractivity contribution in [3.05, 3.63) is 107 Å². The quantitative estimate of drug-likeness (QED) is 0.309. The number of halogens is 1. The summed E-state index contributed by atoms with van der Waals surface area (Å²) in [4.78, 5) is 25.4. The van der Waals surface area contributed by atoms with E-state index >= 15 is 0 Å². The first-order chi connectivity index (χ1) is 14.9. The monoisotopic (exact) mass is 415 g/mol. The average molecular weight is 415 g/mol. The van der Waals surface area contributed by atoms with Crippen molar-refractivity contribution in [3.63, 3.8) is 0 Å². The second kappa shape index (κ2) is 8.56. The van der Waals surface area contributed by atoms with Crippen LogP contribution in [0.3, 0.4) is 0 Å². The summed E-state index contributed by atoms with van der Waals surface area (Å²) in [5, 5.41) is 1.73. The van der Waals surface area contributed by atoms with Crippen LogP contribution in [0.2, 0.25) is 0 Å². The molecule has 0 amide bonds. The van der Waals surface area contributed by atoms with E-state index < -0.39 is 5.97 Å². The minimum atomic E-state index is -0.523. The number of carbonyl (C=O) groups excluding carboxylic acids is 2. The Labute approximate surface area is 179 Å². The summed E-state index contributed by atoms with van der Waals surface area (Å²) in [6.07, 6.45) is 0. The Bertz CT molecular complexity index is 1270. The lowest BCUT2D eigenvalue weighted by atomic mass is 10.0. The van der Waals surface area contributed by atoms with E-state index in [1.165, 1.54) is 12.1 Å². The molecule has 0 fully saturated rings. The third-order valence-electron chi connectivity index (χ3n) is 5.47. The lowest BCUT2D eigenvalue weighted by molar-refractivity contribution is 0.0476. The number of rotatable bonds is 6. The molecule has 0 aliphatic rings. The molecule has 0 radical (unpaired) electrons. The second-order valence-electron chi connectivity index (χ2n) is 7.52. The van der Waals surface area contributed by atoms with Gasteiger partial charge in [0.2, 0.25) is 5.78 Å². The van der Waals surface area contributed by atoms with Crippen LogP contribution in [0.15, 0.2) is 72.8 Å². The number of aromatic nitrogens is 1. The Morgan fingerprint density at radius 2 is 1.61 bits per heavy atom. The van der Waals surface area contributed by atoms with E-state index in [0.717, 1.165) is 27.7 Å². The van der Waals surface area contributed by atoms with E-state index in [2.05, 4.69) is 0 Å². The van der Waals surface area contributed by atoms with Crippen LogP contribution in [0, 0.1) is 19.7 Å². The zero-order chi connectivity index (χ0) is 22.0. The van der Waals surface area contributed by atoms with E-state index in [1.54, 1.807) is 30.3 Å². The maximum Gasteiger partial charge on any atom is 0.339 e. The number of hydrogen-bond acceptors (Lipinski definition) is 3. The van der Waals surface area contributed by atoms with Crippen LogP contribution in [0.1, 0.15) is 37.7 Å². The summed E-state index contributed by atoms with van der Waals surface area (Å²) < 4.78 is 20.5. The van der Waals surface area contributed by atoms with Crippen molar-refractivity contribution in [1.82, 2.24) is 4.57 Å². The maximum absolute atomic E-state index is 13.2. The van der Waals surface area contributed by atoms with Crippen molar-refractivity contribution < 1.29 is 18.7 Å². The number of fused-ring (bicyclic) bond motifs is 1. The number of ketones is 1. The molecule has 0 saturated carbocycles. The van der Waals surface area contributed by atoms with E-state index in [9.17, 15) is 14.0 Å². The first-order valence-corrected chi connectivity index (χ1v) is 10.0. The molecule has 31 heavy (non-hydrogen) atoms. The van der Waals surface area contributed by atoms with Crippen LogP contribution >= 0.6 is 0 Å². The minimum absolute atomic E-state index is 0.257. The maximum atomic E-state index is 13.2. The highest BCUT2D eigenvalue weighted by molar-refractivity contribution is 6.06. The molecule has 4 nitrogen and oxygen atoms in total. The number of benzene rings is 3. The number of hydrogen-bond donors (Lipinski definition) is 0.